The van der Waals surface area contributed by atoms with Crippen LogP contribution in [0.25, 0.3) is 0 Å². The second kappa shape index (κ2) is 5.81. The summed E-state index contributed by atoms with van der Waals surface area (Å²) in [6.07, 6.45) is -2.88. The number of nitro groups is 1. The molecule has 1 aromatic rings. The summed E-state index contributed by atoms with van der Waals surface area (Å²) in [5.74, 6) is -0.807. The maximum Gasteiger partial charge on any atom is 0.310 e. The van der Waals surface area contributed by atoms with Crippen molar-refractivity contribution in [3.63, 3.8) is 0 Å². The molecule has 0 aliphatic rings. The number of carbonyl (C=O) groups excluding carboxylic acids is 1. The molecule has 19 heavy (non-hydrogen) atoms. The molecule has 0 fully saturated rings. The van der Waals surface area contributed by atoms with Gasteiger partial charge in [0, 0.05) is 6.20 Å². The highest BCUT2D eigenvalue weighted by molar-refractivity contribution is 5.75. The van der Waals surface area contributed by atoms with Crippen molar-refractivity contribution in [2.45, 2.75) is 12.8 Å². The molecule has 0 amide bonds. The van der Waals surface area contributed by atoms with Crippen molar-refractivity contribution in [3.05, 3.63) is 33.1 Å². The van der Waals surface area contributed by atoms with Crippen LogP contribution in [-0.2, 0) is 16.0 Å². The number of hydrogen-bond acceptors (Lipinski definition) is 6. The number of nitrogens with zero attached hydrogens (tertiary/aromatic N) is 3. The van der Waals surface area contributed by atoms with E-state index in [9.17, 15) is 23.7 Å². The van der Waals surface area contributed by atoms with Gasteiger partial charge in [-0.1, -0.05) is 0 Å². The topological polar surface area (TPSA) is 106 Å². The van der Waals surface area contributed by atoms with Crippen LogP contribution in [0, 0.1) is 21.4 Å². The van der Waals surface area contributed by atoms with Crippen LogP contribution in [0.15, 0.2) is 6.20 Å². The van der Waals surface area contributed by atoms with E-state index >= 15 is 0 Å². The first kappa shape index (κ1) is 14.4. The van der Waals surface area contributed by atoms with Gasteiger partial charge in [-0.05, 0) is 0 Å². The number of nitriles is 1. The number of carbonyl (C=O) groups is 1. The summed E-state index contributed by atoms with van der Waals surface area (Å²) in [6, 6.07) is 1.32. The van der Waals surface area contributed by atoms with Gasteiger partial charge in [-0.15, -0.1) is 0 Å². The Morgan fingerprint density at radius 1 is 1.68 bits per heavy atom. The Balaban J connectivity index is 3.47. The number of esters is 1. The van der Waals surface area contributed by atoms with Crippen LogP contribution in [0.2, 0.25) is 0 Å². The van der Waals surface area contributed by atoms with E-state index in [-0.39, 0.29) is 5.56 Å². The Morgan fingerprint density at radius 2 is 2.32 bits per heavy atom. The summed E-state index contributed by atoms with van der Waals surface area (Å²) < 4.78 is 29.5. The van der Waals surface area contributed by atoms with Crippen molar-refractivity contribution in [2.75, 3.05) is 7.11 Å². The van der Waals surface area contributed by atoms with Crippen molar-refractivity contribution in [1.82, 2.24) is 4.98 Å². The number of alkyl halides is 2. The van der Waals surface area contributed by atoms with Gasteiger partial charge in [0.2, 0.25) is 0 Å². The number of hydrogen-bond donors (Lipinski definition) is 0. The molecule has 7 nitrogen and oxygen atoms in total. The molecule has 0 aliphatic carbocycles. The van der Waals surface area contributed by atoms with E-state index in [4.69, 9.17) is 5.26 Å². The minimum absolute atomic E-state index is 0.252. The zero-order valence-corrected chi connectivity index (χ0v) is 9.59. The first-order chi connectivity index (χ1) is 8.92. The minimum atomic E-state index is -3.12. The Morgan fingerprint density at radius 3 is 2.74 bits per heavy atom. The van der Waals surface area contributed by atoms with Gasteiger partial charge in [0.1, 0.15) is 11.8 Å². The Bertz CT molecular complexity index is 569. The molecular formula is C10H7F2N3O4. The Hall–Kier alpha value is -2.63. The summed E-state index contributed by atoms with van der Waals surface area (Å²) in [7, 11) is 1.07. The summed E-state index contributed by atoms with van der Waals surface area (Å²) in [4.78, 5) is 24.2. The lowest BCUT2D eigenvalue weighted by molar-refractivity contribution is -0.386. The normalized spacial score (nSPS) is 10.1. The average Bonchev–Trinajstić information content (AvgIpc) is 2.36. The van der Waals surface area contributed by atoms with E-state index in [0.29, 0.717) is 0 Å². The SMILES string of the molecule is COC(=O)Cc1cnc(C(F)F)c(C#N)c1[N+](=O)[O-]. The third kappa shape index (κ3) is 2.98. The molecule has 0 bridgehead atoms. The van der Waals surface area contributed by atoms with Crippen molar-refractivity contribution in [2.24, 2.45) is 0 Å². The van der Waals surface area contributed by atoms with Gasteiger partial charge in [0.25, 0.3) is 12.1 Å². The van der Waals surface area contributed by atoms with Crippen molar-refractivity contribution in [1.29, 1.82) is 5.26 Å². The van der Waals surface area contributed by atoms with Crippen LogP contribution in [-0.4, -0.2) is 23.0 Å². The van der Waals surface area contributed by atoms with Gasteiger partial charge in [-0.2, -0.15) is 5.26 Å². The molecule has 0 spiro atoms. The Labute approximate surface area is 105 Å². The lowest BCUT2D eigenvalue weighted by Gasteiger charge is -2.06. The highest BCUT2D eigenvalue weighted by Crippen LogP contribution is 2.30. The number of methoxy groups -OCH3 is 1. The molecule has 1 rings (SSSR count). The predicted octanol–water partition coefficient (Wildman–Crippen LogP) is 1.51. The molecule has 9 heteroatoms. The van der Waals surface area contributed by atoms with Gasteiger partial charge in [-0.3, -0.25) is 19.9 Å². The fourth-order valence-electron chi connectivity index (χ4n) is 1.40. The van der Waals surface area contributed by atoms with Crippen molar-refractivity contribution in [3.8, 4) is 6.07 Å². The molecule has 100 valence electrons. The van der Waals surface area contributed by atoms with Crippen LogP contribution in [0.3, 0.4) is 0 Å². The first-order valence-corrected chi connectivity index (χ1v) is 4.83. The summed E-state index contributed by atoms with van der Waals surface area (Å²) in [5.41, 5.74) is -2.93. The number of aromatic nitrogens is 1. The maximum absolute atomic E-state index is 12.6. The molecule has 1 heterocycles. The van der Waals surface area contributed by atoms with E-state index < -0.39 is 40.7 Å². The van der Waals surface area contributed by atoms with Crippen LogP contribution in [0.1, 0.15) is 23.2 Å². The molecule has 0 unspecified atom stereocenters. The van der Waals surface area contributed by atoms with Crippen LogP contribution < -0.4 is 0 Å². The van der Waals surface area contributed by atoms with Gasteiger partial charge < -0.3 is 4.74 Å². The fraction of sp³-hybridized carbons (Fsp3) is 0.300. The lowest BCUT2D eigenvalue weighted by Crippen LogP contribution is -2.10. The molecule has 0 atom stereocenters. The molecule has 1 aromatic heterocycles. The zero-order chi connectivity index (χ0) is 14.6. The van der Waals surface area contributed by atoms with Crippen LogP contribution in [0.5, 0.6) is 0 Å². The summed E-state index contributed by atoms with van der Waals surface area (Å²) >= 11 is 0. The quantitative estimate of drug-likeness (QED) is 0.466. The predicted molar refractivity (Wildman–Crippen MR) is 56.3 cm³/mol. The second-order valence-electron chi connectivity index (χ2n) is 3.31. The third-order valence-electron chi connectivity index (χ3n) is 2.22. The van der Waals surface area contributed by atoms with Crippen LogP contribution in [0.4, 0.5) is 14.5 Å². The second-order valence-corrected chi connectivity index (χ2v) is 3.31. The molecule has 0 aliphatic heterocycles. The van der Waals surface area contributed by atoms with Crippen molar-refractivity contribution < 1.29 is 23.2 Å². The minimum Gasteiger partial charge on any atom is -0.469 e. The number of rotatable bonds is 4. The smallest absolute Gasteiger partial charge is 0.310 e. The van der Waals surface area contributed by atoms with Gasteiger partial charge in [0.05, 0.1) is 24.0 Å². The van der Waals surface area contributed by atoms with Gasteiger partial charge >= 0.3 is 5.97 Å². The molecule has 0 radical (unpaired) electrons. The number of halogens is 2. The number of pyridine rings is 1. The molecule has 0 aromatic carbocycles. The fourth-order valence-corrected chi connectivity index (χ4v) is 1.40. The first-order valence-electron chi connectivity index (χ1n) is 4.83. The summed E-state index contributed by atoms with van der Waals surface area (Å²) in [5, 5.41) is 19.6. The van der Waals surface area contributed by atoms with E-state index in [1.54, 1.807) is 0 Å². The Kier molecular flexibility index (Phi) is 4.41. The molecule has 0 saturated heterocycles. The van der Waals surface area contributed by atoms with E-state index in [1.165, 1.54) is 6.07 Å². The standard InChI is InChI=1S/C10H7F2N3O4/c1-19-7(16)2-5-4-14-8(10(11)12)6(3-13)9(5)15(17)18/h4,10H,2H2,1H3. The highest BCUT2D eigenvalue weighted by Gasteiger charge is 2.29. The van der Waals surface area contributed by atoms with E-state index in [1.807, 2.05) is 0 Å². The third-order valence-corrected chi connectivity index (χ3v) is 2.22. The maximum atomic E-state index is 12.6. The molecular weight excluding hydrogens is 264 g/mol. The van der Waals surface area contributed by atoms with Gasteiger partial charge in [-0.25, -0.2) is 8.78 Å². The molecule has 0 N–H and O–H groups in total. The van der Waals surface area contributed by atoms with E-state index in [2.05, 4.69) is 9.72 Å². The summed E-state index contributed by atoms with van der Waals surface area (Å²) in [6.45, 7) is 0. The zero-order valence-electron chi connectivity index (χ0n) is 9.59. The highest BCUT2D eigenvalue weighted by atomic mass is 19.3. The number of ether oxygens (including phenoxy) is 1. The van der Waals surface area contributed by atoms with Crippen LogP contribution >= 0.6 is 0 Å². The van der Waals surface area contributed by atoms with E-state index in [0.717, 1.165) is 13.3 Å². The largest absolute Gasteiger partial charge is 0.469 e. The molecule has 0 saturated carbocycles. The van der Waals surface area contributed by atoms with Crippen molar-refractivity contribution >= 4 is 11.7 Å². The van der Waals surface area contributed by atoms with Gasteiger partial charge in [0.15, 0.2) is 5.56 Å². The lowest BCUT2D eigenvalue weighted by atomic mass is 10.1. The monoisotopic (exact) mass is 271 g/mol. The average molecular weight is 271 g/mol.